The van der Waals surface area contributed by atoms with Gasteiger partial charge in [-0.25, -0.2) is 0 Å². The fourth-order valence-electron chi connectivity index (χ4n) is 4.00. The molecule has 0 aromatic heterocycles. The first-order valence-electron chi connectivity index (χ1n) is 10.4. The van der Waals surface area contributed by atoms with Gasteiger partial charge in [-0.05, 0) is 91.9 Å². The van der Waals surface area contributed by atoms with E-state index in [4.69, 9.17) is 34.8 Å². The van der Waals surface area contributed by atoms with E-state index < -0.39 is 7.26 Å². The predicted octanol–water partition coefficient (Wildman–Crippen LogP) is 8.12. The van der Waals surface area contributed by atoms with Crippen LogP contribution in [0.15, 0.2) is 108 Å². The highest BCUT2D eigenvalue weighted by atomic mass is 35.5. The summed E-state index contributed by atoms with van der Waals surface area (Å²) in [7, 11) is -2.00. The molecule has 162 valence electrons. The van der Waals surface area contributed by atoms with E-state index >= 15 is 0 Å². The molecule has 0 heterocycles. The van der Waals surface area contributed by atoms with Crippen LogP contribution in [0, 0.1) is 0 Å². The van der Waals surface area contributed by atoms with Gasteiger partial charge < -0.3 is 0 Å². The van der Waals surface area contributed by atoms with E-state index in [2.05, 4.69) is 73.7 Å². The van der Waals surface area contributed by atoms with Crippen LogP contribution in [0.3, 0.4) is 0 Å². The smallest absolute Gasteiger partial charge is 0.113 e. The summed E-state index contributed by atoms with van der Waals surface area (Å²) in [5.74, 6) is 0. The molecule has 4 rings (SSSR count). The summed E-state index contributed by atoms with van der Waals surface area (Å²) in [6.45, 7) is 2.31. The molecule has 32 heavy (non-hydrogen) atoms. The number of hydrogen-bond donors (Lipinski definition) is 0. The molecule has 0 bridgehead atoms. The highest BCUT2D eigenvalue weighted by Gasteiger charge is 2.46. The molecule has 1 atom stereocenters. The second-order valence-electron chi connectivity index (χ2n) is 7.66. The third kappa shape index (κ3) is 5.36. The van der Waals surface area contributed by atoms with Crippen LogP contribution in [-0.2, 0) is 0 Å². The minimum Gasteiger partial charge on any atom is -0.119 e. The Hall–Kier alpha value is -1.47. The zero-order valence-electron chi connectivity index (χ0n) is 17.6. The molecule has 0 amide bonds. The van der Waals surface area contributed by atoms with E-state index in [-0.39, 0.29) is 0 Å². The van der Waals surface area contributed by atoms with Crippen LogP contribution in [-0.4, -0.2) is 11.4 Å². The average molecular weight is 517 g/mol. The maximum Gasteiger partial charge on any atom is 0.113 e. The van der Waals surface area contributed by atoms with Crippen molar-refractivity contribution in [2.75, 3.05) is 6.16 Å². The molecule has 0 aliphatic carbocycles. The summed E-state index contributed by atoms with van der Waals surface area (Å²) in [6, 6.07) is 35.6. The molecule has 4 aromatic rings. The Morgan fingerprint density at radius 1 is 0.594 bits per heavy atom. The molecule has 1 unspecified atom stereocenters. The molecular formula is C27H23Cl3PS+. The molecule has 5 heteroatoms. The first-order valence-corrected chi connectivity index (χ1v) is 14.3. The lowest BCUT2D eigenvalue weighted by molar-refractivity contribution is 1.11. The lowest BCUT2D eigenvalue weighted by Gasteiger charge is -2.30. The quantitative estimate of drug-likeness (QED) is 0.176. The van der Waals surface area contributed by atoms with Crippen LogP contribution < -0.4 is 15.9 Å². The Balaban J connectivity index is 1.88. The highest BCUT2D eigenvalue weighted by molar-refractivity contribution is 8.02. The van der Waals surface area contributed by atoms with Crippen LogP contribution in [0.4, 0.5) is 0 Å². The van der Waals surface area contributed by atoms with Gasteiger partial charge in [-0.1, -0.05) is 53.0 Å². The standard InChI is InChI=1S/C27H23Cl3PS/c1-20(32-27-5-3-2-4-6-27)19-31(24-13-7-21(28)8-14-24,25-15-9-22(29)10-16-25)26-17-11-23(30)12-18-26/h2-18,20H,19H2,1H3/q+1. The van der Waals surface area contributed by atoms with Gasteiger partial charge in [-0.3, -0.25) is 0 Å². The van der Waals surface area contributed by atoms with Crippen molar-refractivity contribution in [1.82, 2.24) is 0 Å². The van der Waals surface area contributed by atoms with Gasteiger partial charge in [0.25, 0.3) is 0 Å². The molecule has 4 aromatic carbocycles. The predicted molar refractivity (Wildman–Crippen MR) is 147 cm³/mol. The molecule has 0 aliphatic heterocycles. The van der Waals surface area contributed by atoms with Gasteiger partial charge in [-0.15, -0.1) is 11.8 Å². The molecule has 0 saturated heterocycles. The number of rotatable bonds is 7. The van der Waals surface area contributed by atoms with Crippen molar-refractivity contribution in [2.45, 2.75) is 17.1 Å². The molecule has 0 nitrogen and oxygen atoms in total. The summed E-state index contributed by atoms with van der Waals surface area (Å²) in [6.07, 6.45) is 0.997. The maximum absolute atomic E-state index is 6.28. The van der Waals surface area contributed by atoms with Gasteiger partial charge in [0.1, 0.15) is 23.2 Å². The highest BCUT2D eigenvalue weighted by Crippen LogP contribution is 2.57. The van der Waals surface area contributed by atoms with Gasteiger partial charge in [-0.2, -0.15) is 0 Å². The number of hydrogen-bond acceptors (Lipinski definition) is 1. The van der Waals surface area contributed by atoms with E-state index in [9.17, 15) is 0 Å². The van der Waals surface area contributed by atoms with Crippen molar-refractivity contribution >= 4 is 69.7 Å². The molecule has 0 spiro atoms. The van der Waals surface area contributed by atoms with Gasteiger partial charge >= 0.3 is 0 Å². The fraction of sp³-hybridized carbons (Fsp3) is 0.111. The number of thioether (sulfide) groups is 1. The molecule has 0 radical (unpaired) electrons. The molecule has 0 saturated carbocycles. The molecule has 0 fully saturated rings. The van der Waals surface area contributed by atoms with E-state index in [1.165, 1.54) is 20.8 Å². The Bertz CT molecular complexity index is 1030. The van der Waals surface area contributed by atoms with E-state index in [0.29, 0.717) is 5.25 Å². The Morgan fingerprint density at radius 2 is 0.969 bits per heavy atom. The average Bonchev–Trinajstić information content (AvgIpc) is 2.80. The lowest BCUT2D eigenvalue weighted by atomic mass is 10.3. The van der Waals surface area contributed by atoms with Gasteiger partial charge in [0.2, 0.25) is 0 Å². The Kier molecular flexibility index (Phi) is 7.87. The summed E-state index contributed by atoms with van der Waals surface area (Å²) in [5, 5.41) is 6.50. The first-order chi connectivity index (χ1) is 15.5. The summed E-state index contributed by atoms with van der Waals surface area (Å²) in [5.41, 5.74) is 0. The second kappa shape index (κ2) is 10.6. The topological polar surface area (TPSA) is 0 Å². The zero-order chi connectivity index (χ0) is 22.6. The van der Waals surface area contributed by atoms with Crippen LogP contribution >= 0.6 is 53.8 Å². The molecule has 0 N–H and O–H groups in total. The van der Waals surface area contributed by atoms with Crippen LogP contribution in [0.2, 0.25) is 15.1 Å². The monoisotopic (exact) mass is 515 g/mol. The van der Waals surface area contributed by atoms with E-state index in [1.807, 2.05) is 48.2 Å². The Labute approximate surface area is 210 Å². The van der Waals surface area contributed by atoms with Crippen molar-refractivity contribution in [3.8, 4) is 0 Å². The first kappa shape index (κ1) is 23.7. The van der Waals surface area contributed by atoms with Gasteiger partial charge in [0.05, 0.1) is 6.16 Å². The van der Waals surface area contributed by atoms with Crippen molar-refractivity contribution in [3.63, 3.8) is 0 Å². The third-order valence-electron chi connectivity index (χ3n) is 5.41. The van der Waals surface area contributed by atoms with Crippen molar-refractivity contribution in [1.29, 1.82) is 0 Å². The SMILES string of the molecule is CC(C[P+](c1ccc(Cl)cc1)(c1ccc(Cl)cc1)c1ccc(Cl)cc1)Sc1ccccc1. The summed E-state index contributed by atoms with van der Waals surface area (Å²) in [4.78, 5) is 1.28. The minimum absolute atomic E-state index is 0.382. The summed E-state index contributed by atoms with van der Waals surface area (Å²) < 4.78 is 0. The normalized spacial score (nSPS) is 12.5. The lowest BCUT2D eigenvalue weighted by Crippen LogP contribution is -2.35. The largest absolute Gasteiger partial charge is 0.119 e. The van der Waals surface area contributed by atoms with Crippen LogP contribution in [0.5, 0.6) is 0 Å². The van der Waals surface area contributed by atoms with E-state index in [1.54, 1.807) is 0 Å². The van der Waals surface area contributed by atoms with Gasteiger partial charge in [0, 0.05) is 25.2 Å². The summed E-state index contributed by atoms with van der Waals surface area (Å²) >= 11 is 20.8. The van der Waals surface area contributed by atoms with Crippen LogP contribution in [0.1, 0.15) is 6.92 Å². The van der Waals surface area contributed by atoms with Crippen molar-refractivity contribution < 1.29 is 0 Å². The maximum atomic E-state index is 6.28. The third-order valence-corrected chi connectivity index (χ3v) is 12.2. The molecular weight excluding hydrogens is 494 g/mol. The van der Waals surface area contributed by atoms with Crippen LogP contribution in [0.25, 0.3) is 0 Å². The Morgan fingerprint density at radius 3 is 1.34 bits per heavy atom. The van der Waals surface area contributed by atoms with Gasteiger partial charge in [0.15, 0.2) is 0 Å². The van der Waals surface area contributed by atoms with Crippen molar-refractivity contribution in [3.05, 3.63) is 118 Å². The zero-order valence-corrected chi connectivity index (χ0v) is 21.6. The van der Waals surface area contributed by atoms with E-state index in [0.717, 1.165) is 21.2 Å². The second-order valence-corrected chi connectivity index (χ2v) is 14.0. The number of benzene rings is 4. The fourth-order valence-corrected chi connectivity index (χ4v) is 10.4. The minimum atomic E-state index is -2.00. The van der Waals surface area contributed by atoms with Crippen molar-refractivity contribution in [2.24, 2.45) is 0 Å². The molecule has 0 aliphatic rings. The number of halogens is 3.